The molecule has 32 heavy (non-hydrogen) atoms. The lowest BCUT2D eigenvalue weighted by atomic mass is 10.0. The van der Waals surface area contributed by atoms with Crippen LogP contribution in [0.3, 0.4) is 0 Å². The minimum atomic E-state index is -0.577. The van der Waals surface area contributed by atoms with Gasteiger partial charge in [0.15, 0.2) is 6.61 Å². The summed E-state index contributed by atoms with van der Waals surface area (Å²) in [6.45, 7) is 14.2. The number of nitrogens with one attached hydrogen (secondary N) is 1. The molecule has 0 bridgehead atoms. The molecule has 0 unspecified atom stereocenters. The van der Waals surface area contributed by atoms with Gasteiger partial charge in [-0.05, 0) is 57.2 Å². The number of para-hydroxylation sites is 1. The summed E-state index contributed by atoms with van der Waals surface area (Å²) in [6, 6.07) is 15.2. The Morgan fingerprint density at radius 1 is 1.03 bits per heavy atom. The fourth-order valence-electron chi connectivity index (χ4n) is 3.57. The number of rotatable bonds is 9. The number of aryl methyl sites for hydroxylation is 1. The predicted octanol–water partition coefficient (Wildman–Crippen LogP) is 5.22. The zero-order valence-electron chi connectivity index (χ0n) is 20.6. The third-order valence-electron chi connectivity index (χ3n) is 5.25. The van der Waals surface area contributed by atoms with Crippen molar-refractivity contribution in [3.8, 4) is 5.75 Å². The lowest BCUT2D eigenvalue weighted by Gasteiger charge is -2.33. The number of benzene rings is 2. The molecule has 0 saturated heterocycles. The van der Waals surface area contributed by atoms with E-state index >= 15 is 0 Å². The van der Waals surface area contributed by atoms with Gasteiger partial charge in [-0.25, -0.2) is 0 Å². The summed E-state index contributed by atoms with van der Waals surface area (Å²) in [6.07, 6.45) is 0.516. The Balaban J connectivity index is 2.27. The van der Waals surface area contributed by atoms with Crippen LogP contribution in [0.25, 0.3) is 0 Å². The van der Waals surface area contributed by atoms with Gasteiger partial charge in [-0.15, -0.1) is 0 Å². The van der Waals surface area contributed by atoms with Crippen molar-refractivity contribution in [2.45, 2.75) is 78.9 Å². The molecule has 0 radical (unpaired) electrons. The molecular formula is C27H38N2O3. The summed E-state index contributed by atoms with van der Waals surface area (Å²) >= 11 is 0. The Kier molecular flexibility index (Phi) is 8.88. The third kappa shape index (κ3) is 7.40. The first kappa shape index (κ1) is 25.4. The number of nitrogens with zero attached hydrogens (tertiary/aromatic N) is 1. The van der Waals surface area contributed by atoms with E-state index in [2.05, 4.69) is 19.2 Å². The molecule has 0 aromatic heterocycles. The maximum atomic E-state index is 13.4. The lowest BCUT2D eigenvalue weighted by molar-refractivity contribution is -0.143. The fourth-order valence-corrected chi connectivity index (χ4v) is 3.57. The highest BCUT2D eigenvalue weighted by atomic mass is 16.5. The van der Waals surface area contributed by atoms with E-state index < -0.39 is 6.04 Å². The van der Waals surface area contributed by atoms with Crippen molar-refractivity contribution < 1.29 is 14.3 Å². The molecule has 2 aromatic rings. The topological polar surface area (TPSA) is 58.6 Å². The van der Waals surface area contributed by atoms with Gasteiger partial charge in [0.25, 0.3) is 5.91 Å². The van der Waals surface area contributed by atoms with Crippen LogP contribution in [0.4, 0.5) is 0 Å². The Morgan fingerprint density at radius 3 is 2.22 bits per heavy atom. The second-order valence-corrected chi connectivity index (χ2v) is 9.65. The van der Waals surface area contributed by atoms with Gasteiger partial charge in [-0.2, -0.15) is 0 Å². The number of hydrogen-bond acceptors (Lipinski definition) is 3. The summed E-state index contributed by atoms with van der Waals surface area (Å²) < 4.78 is 5.95. The van der Waals surface area contributed by atoms with Gasteiger partial charge in [-0.3, -0.25) is 9.59 Å². The molecule has 0 heterocycles. The molecule has 0 aliphatic rings. The van der Waals surface area contributed by atoms with Crippen molar-refractivity contribution >= 4 is 11.8 Å². The second kappa shape index (κ2) is 11.2. The molecular weight excluding hydrogens is 400 g/mol. The van der Waals surface area contributed by atoms with E-state index in [1.165, 1.54) is 0 Å². The smallest absolute Gasteiger partial charge is 0.261 e. The van der Waals surface area contributed by atoms with Crippen LogP contribution < -0.4 is 10.1 Å². The second-order valence-electron chi connectivity index (χ2n) is 9.65. The van der Waals surface area contributed by atoms with Crippen LogP contribution in [0.2, 0.25) is 0 Å². The van der Waals surface area contributed by atoms with Gasteiger partial charge in [0.05, 0.1) is 0 Å². The van der Waals surface area contributed by atoms with E-state index in [4.69, 9.17) is 4.74 Å². The van der Waals surface area contributed by atoms with Crippen LogP contribution in [0.15, 0.2) is 48.5 Å². The molecule has 1 N–H and O–H groups in total. The Morgan fingerprint density at radius 2 is 1.66 bits per heavy atom. The fraction of sp³-hybridized carbons (Fsp3) is 0.481. The van der Waals surface area contributed by atoms with Crippen LogP contribution in [0.1, 0.15) is 70.6 Å². The van der Waals surface area contributed by atoms with Crippen molar-refractivity contribution in [3.05, 3.63) is 65.2 Å². The van der Waals surface area contributed by atoms with E-state index in [0.29, 0.717) is 18.7 Å². The third-order valence-corrected chi connectivity index (χ3v) is 5.25. The van der Waals surface area contributed by atoms with Crippen molar-refractivity contribution in [2.75, 3.05) is 6.61 Å². The number of hydrogen-bond donors (Lipinski definition) is 1. The Bertz CT molecular complexity index is 898. The highest BCUT2D eigenvalue weighted by Gasteiger charge is 2.31. The van der Waals surface area contributed by atoms with E-state index in [1.807, 2.05) is 83.1 Å². The van der Waals surface area contributed by atoms with Crippen LogP contribution in [0.5, 0.6) is 5.75 Å². The summed E-state index contributed by atoms with van der Waals surface area (Å²) in [5, 5.41) is 3.02. The minimum Gasteiger partial charge on any atom is -0.483 e. The normalized spacial score (nSPS) is 12.4. The number of ether oxygens (including phenoxy) is 1. The van der Waals surface area contributed by atoms with E-state index in [-0.39, 0.29) is 29.9 Å². The highest BCUT2D eigenvalue weighted by molar-refractivity contribution is 5.88. The van der Waals surface area contributed by atoms with E-state index in [0.717, 1.165) is 16.7 Å². The van der Waals surface area contributed by atoms with Crippen molar-refractivity contribution in [2.24, 2.45) is 0 Å². The largest absolute Gasteiger partial charge is 0.483 e. The molecule has 0 aliphatic carbocycles. The van der Waals surface area contributed by atoms with Crippen molar-refractivity contribution in [1.82, 2.24) is 10.2 Å². The SMILES string of the molecule is CC[C@H](C(=O)NC(C)(C)C)N(Cc1ccc(C)cc1)C(=O)COc1ccccc1C(C)C. The first-order valence-corrected chi connectivity index (χ1v) is 11.4. The zero-order chi connectivity index (χ0) is 23.9. The van der Waals surface area contributed by atoms with Gasteiger partial charge in [0, 0.05) is 12.1 Å². The van der Waals surface area contributed by atoms with Crippen molar-refractivity contribution in [3.63, 3.8) is 0 Å². The van der Waals surface area contributed by atoms with Crippen molar-refractivity contribution in [1.29, 1.82) is 0 Å². The van der Waals surface area contributed by atoms with Crippen LogP contribution in [-0.2, 0) is 16.1 Å². The summed E-state index contributed by atoms with van der Waals surface area (Å²) in [7, 11) is 0. The highest BCUT2D eigenvalue weighted by Crippen LogP contribution is 2.26. The summed E-state index contributed by atoms with van der Waals surface area (Å²) in [5.74, 6) is 0.632. The maximum Gasteiger partial charge on any atom is 0.261 e. The summed E-state index contributed by atoms with van der Waals surface area (Å²) in [5.41, 5.74) is 2.81. The average molecular weight is 439 g/mol. The van der Waals surface area contributed by atoms with Gasteiger partial charge < -0.3 is 15.0 Å². The predicted molar refractivity (Wildman–Crippen MR) is 130 cm³/mol. The standard InChI is InChI=1S/C27H38N2O3/c1-8-23(26(31)28-27(5,6)7)29(17-21-15-13-20(4)14-16-21)25(30)18-32-24-12-10-9-11-22(24)19(2)3/h9-16,19,23H,8,17-18H2,1-7H3,(H,28,31)/t23-/m1/s1. The van der Waals surface area contributed by atoms with Gasteiger partial charge >= 0.3 is 0 Å². The van der Waals surface area contributed by atoms with Gasteiger partial charge in [0.2, 0.25) is 5.91 Å². The number of carbonyl (C=O) groups excluding carboxylic acids is 2. The first-order valence-electron chi connectivity index (χ1n) is 11.4. The molecule has 2 amide bonds. The molecule has 0 saturated carbocycles. The Hall–Kier alpha value is -2.82. The molecule has 1 atom stereocenters. The molecule has 2 aromatic carbocycles. The van der Waals surface area contributed by atoms with Gasteiger partial charge in [-0.1, -0.05) is 68.8 Å². The van der Waals surface area contributed by atoms with Gasteiger partial charge in [0.1, 0.15) is 11.8 Å². The molecule has 5 nitrogen and oxygen atoms in total. The minimum absolute atomic E-state index is 0.116. The van der Waals surface area contributed by atoms with Crippen LogP contribution in [-0.4, -0.2) is 34.9 Å². The monoisotopic (exact) mass is 438 g/mol. The molecule has 2 rings (SSSR count). The molecule has 0 spiro atoms. The van der Waals surface area contributed by atoms with E-state index in [9.17, 15) is 9.59 Å². The Labute approximate surface area is 193 Å². The first-order chi connectivity index (χ1) is 15.0. The number of carbonyl (C=O) groups is 2. The van der Waals surface area contributed by atoms with E-state index in [1.54, 1.807) is 4.90 Å². The lowest BCUT2D eigenvalue weighted by Crippen LogP contribution is -2.54. The zero-order valence-corrected chi connectivity index (χ0v) is 20.6. The van der Waals surface area contributed by atoms with Crippen LogP contribution >= 0.6 is 0 Å². The summed E-state index contributed by atoms with van der Waals surface area (Å²) in [4.78, 5) is 28.1. The number of amides is 2. The molecule has 174 valence electrons. The molecule has 0 aliphatic heterocycles. The quantitative estimate of drug-likeness (QED) is 0.584. The van der Waals surface area contributed by atoms with Crippen LogP contribution in [0, 0.1) is 6.92 Å². The molecule has 5 heteroatoms. The average Bonchev–Trinajstić information content (AvgIpc) is 2.72. The maximum absolute atomic E-state index is 13.4. The molecule has 0 fully saturated rings.